The summed E-state index contributed by atoms with van der Waals surface area (Å²) < 4.78 is 0. The van der Waals surface area contributed by atoms with Gasteiger partial charge in [-0.15, -0.1) is 0 Å². The Balaban J connectivity index is 2.74. The predicted octanol–water partition coefficient (Wildman–Crippen LogP) is 2.43. The Morgan fingerprint density at radius 1 is 1.43 bits per heavy atom. The minimum atomic E-state index is -0.485. The molecule has 0 radical (unpaired) electrons. The number of nitro groups is 1. The molecule has 7 nitrogen and oxygen atoms in total. The van der Waals surface area contributed by atoms with Crippen molar-refractivity contribution in [2.24, 2.45) is 5.92 Å². The first-order chi connectivity index (χ1) is 9.85. The second kappa shape index (κ2) is 7.58. The fourth-order valence-electron chi connectivity index (χ4n) is 1.93. The molecule has 0 aromatic heterocycles. The number of rotatable bonds is 6. The highest BCUT2D eigenvalue weighted by Crippen LogP contribution is 2.22. The molecule has 0 aliphatic rings. The van der Waals surface area contributed by atoms with Crippen LogP contribution in [0.25, 0.3) is 0 Å². The smallest absolute Gasteiger partial charge is 0.319 e. The molecule has 21 heavy (non-hydrogen) atoms. The number of amides is 2. The molecule has 0 spiro atoms. The first-order valence-corrected chi connectivity index (χ1v) is 6.78. The minimum absolute atomic E-state index is 0.0148. The van der Waals surface area contributed by atoms with Gasteiger partial charge in [-0.1, -0.05) is 19.9 Å². The van der Waals surface area contributed by atoms with Crippen LogP contribution in [0.3, 0.4) is 0 Å². The van der Waals surface area contributed by atoms with E-state index in [1.54, 1.807) is 19.1 Å². The molecule has 1 aromatic rings. The van der Waals surface area contributed by atoms with E-state index in [9.17, 15) is 14.9 Å². The maximum absolute atomic E-state index is 11.9. The zero-order valence-corrected chi connectivity index (χ0v) is 12.4. The van der Waals surface area contributed by atoms with E-state index in [2.05, 4.69) is 10.6 Å². The molecular formula is C14H21N3O4. The van der Waals surface area contributed by atoms with Gasteiger partial charge in [0.05, 0.1) is 4.92 Å². The van der Waals surface area contributed by atoms with Crippen LogP contribution in [0.2, 0.25) is 0 Å². The van der Waals surface area contributed by atoms with Gasteiger partial charge in [0, 0.05) is 30.0 Å². The highest BCUT2D eigenvalue weighted by molar-refractivity contribution is 5.89. The van der Waals surface area contributed by atoms with Crippen LogP contribution in [0.5, 0.6) is 0 Å². The Hall–Kier alpha value is -2.15. The van der Waals surface area contributed by atoms with E-state index in [0.717, 1.165) is 0 Å². The van der Waals surface area contributed by atoms with Gasteiger partial charge in [0.2, 0.25) is 0 Å². The number of nitrogens with zero attached hydrogens (tertiary/aromatic N) is 1. The molecule has 2 amide bonds. The van der Waals surface area contributed by atoms with Gasteiger partial charge >= 0.3 is 6.03 Å². The van der Waals surface area contributed by atoms with Crippen molar-refractivity contribution in [3.63, 3.8) is 0 Å². The normalized spacial score (nSPS) is 12.0. The zero-order chi connectivity index (χ0) is 16.0. The standard InChI is InChI=1S/C14H21N3O4/c1-9(2)12(6-7-18)16-14(19)15-11-5-4-10(3)13(8-11)17(20)21/h4-5,8-9,12,18H,6-7H2,1-3H3,(H2,15,16,19). The Kier molecular flexibility index (Phi) is 6.10. The Morgan fingerprint density at radius 3 is 2.62 bits per heavy atom. The minimum Gasteiger partial charge on any atom is -0.396 e. The number of anilines is 1. The topological polar surface area (TPSA) is 104 Å². The summed E-state index contributed by atoms with van der Waals surface area (Å²) >= 11 is 0. The number of urea groups is 1. The molecule has 1 unspecified atom stereocenters. The Morgan fingerprint density at radius 2 is 2.10 bits per heavy atom. The molecule has 0 bridgehead atoms. The lowest BCUT2D eigenvalue weighted by Gasteiger charge is -2.21. The summed E-state index contributed by atoms with van der Waals surface area (Å²) in [6, 6.07) is 3.92. The maximum Gasteiger partial charge on any atom is 0.319 e. The maximum atomic E-state index is 11.9. The summed E-state index contributed by atoms with van der Waals surface area (Å²) in [4.78, 5) is 22.3. The van der Waals surface area contributed by atoms with Crippen LogP contribution in [-0.2, 0) is 0 Å². The van der Waals surface area contributed by atoms with Gasteiger partial charge in [-0.05, 0) is 25.3 Å². The number of hydrogen-bond donors (Lipinski definition) is 3. The SMILES string of the molecule is Cc1ccc(NC(=O)NC(CCO)C(C)C)cc1[N+](=O)[O-]. The molecular weight excluding hydrogens is 274 g/mol. The van der Waals surface area contributed by atoms with Crippen molar-refractivity contribution in [1.82, 2.24) is 5.32 Å². The average molecular weight is 295 g/mol. The number of aliphatic hydroxyl groups is 1. The van der Waals surface area contributed by atoms with Gasteiger partial charge < -0.3 is 15.7 Å². The number of nitro benzene ring substituents is 1. The highest BCUT2D eigenvalue weighted by Gasteiger charge is 2.17. The van der Waals surface area contributed by atoms with Gasteiger partial charge in [0.25, 0.3) is 5.69 Å². The van der Waals surface area contributed by atoms with Gasteiger partial charge in [0.1, 0.15) is 0 Å². The zero-order valence-electron chi connectivity index (χ0n) is 12.4. The van der Waals surface area contributed by atoms with E-state index in [0.29, 0.717) is 17.7 Å². The second-order valence-electron chi connectivity index (χ2n) is 5.22. The van der Waals surface area contributed by atoms with Gasteiger partial charge in [-0.2, -0.15) is 0 Å². The van der Waals surface area contributed by atoms with E-state index in [-0.39, 0.29) is 24.3 Å². The third-order valence-electron chi connectivity index (χ3n) is 3.23. The van der Waals surface area contributed by atoms with Gasteiger partial charge in [-0.3, -0.25) is 10.1 Å². The number of carbonyl (C=O) groups excluding carboxylic acids is 1. The molecule has 0 fully saturated rings. The molecule has 1 atom stereocenters. The molecule has 0 saturated heterocycles. The van der Waals surface area contributed by atoms with Crippen molar-refractivity contribution in [2.75, 3.05) is 11.9 Å². The van der Waals surface area contributed by atoms with Crippen molar-refractivity contribution in [1.29, 1.82) is 0 Å². The summed E-state index contributed by atoms with van der Waals surface area (Å²) in [7, 11) is 0. The van der Waals surface area contributed by atoms with Crippen molar-refractivity contribution in [3.05, 3.63) is 33.9 Å². The van der Waals surface area contributed by atoms with E-state index >= 15 is 0 Å². The van der Waals surface area contributed by atoms with E-state index in [1.165, 1.54) is 6.07 Å². The molecule has 0 saturated carbocycles. The first-order valence-electron chi connectivity index (χ1n) is 6.78. The fraction of sp³-hybridized carbons (Fsp3) is 0.500. The van der Waals surface area contributed by atoms with Crippen molar-refractivity contribution in [2.45, 2.75) is 33.2 Å². The average Bonchev–Trinajstić information content (AvgIpc) is 2.40. The van der Waals surface area contributed by atoms with Crippen LogP contribution in [0, 0.1) is 23.0 Å². The number of hydrogen-bond acceptors (Lipinski definition) is 4. The summed E-state index contributed by atoms with van der Waals surface area (Å²) in [5, 5.41) is 25.2. The van der Waals surface area contributed by atoms with Crippen molar-refractivity contribution >= 4 is 17.4 Å². The predicted molar refractivity (Wildman–Crippen MR) is 80.3 cm³/mol. The highest BCUT2D eigenvalue weighted by atomic mass is 16.6. The molecule has 1 rings (SSSR count). The number of carbonyl (C=O) groups is 1. The van der Waals surface area contributed by atoms with Crippen LogP contribution in [0.4, 0.5) is 16.2 Å². The fourth-order valence-corrected chi connectivity index (χ4v) is 1.93. The van der Waals surface area contributed by atoms with Crippen molar-refractivity contribution in [3.8, 4) is 0 Å². The summed E-state index contributed by atoms with van der Waals surface area (Å²) in [6.45, 7) is 5.51. The van der Waals surface area contributed by atoms with Gasteiger partial charge in [-0.25, -0.2) is 4.79 Å². The summed E-state index contributed by atoms with van der Waals surface area (Å²) in [6.07, 6.45) is 0.457. The van der Waals surface area contributed by atoms with Crippen molar-refractivity contribution < 1.29 is 14.8 Å². The lowest BCUT2D eigenvalue weighted by molar-refractivity contribution is -0.385. The largest absolute Gasteiger partial charge is 0.396 e. The lowest BCUT2D eigenvalue weighted by atomic mass is 10.0. The molecule has 116 valence electrons. The second-order valence-corrected chi connectivity index (χ2v) is 5.22. The molecule has 7 heteroatoms. The van der Waals surface area contributed by atoms with E-state index in [4.69, 9.17) is 5.11 Å². The van der Waals surface area contributed by atoms with E-state index < -0.39 is 11.0 Å². The third kappa shape index (κ3) is 5.03. The quantitative estimate of drug-likeness (QED) is 0.553. The molecule has 3 N–H and O–H groups in total. The van der Waals surface area contributed by atoms with Crippen LogP contribution < -0.4 is 10.6 Å². The number of nitrogens with one attached hydrogen (secondary N) is 2. The molecule has 1 aromatic carbocycles. The number of benzene rings is 1. The van der Waals surface area contributed by atoms with Crippen LogP contribution in [0.15, 0.2) is 18.2 Å². The molecule has 0 heterocycles. The molecule has 0 aliphatic carbocycles. The summed E-state index contributed by atoms with van der Waals surface area (Å²) in [5.74, 6) is 0.176. The van der Waals surface area contributed by atoms with E-state index in [1.807, 2.05) is 13.8 Å². The molecule has 0 aliphatic heterocycles. The van der Waals surface area contributed by atoms with Crippen LogP contribution >= 0.6 is 0 Å². The van der Waals surface area contributed by atoms with Crippen LogP contribution in [-0.4, -0.2) is 28.7 Å². The lowest BCUT2D eigenvalue weighted by Crippen LogP contribution is -2.41. The summed E-state index contributed by atoms with van der Waals surface area (Å²) in [5.41, 5.74) is 0.853. The number of aliphatic hydroxyl groups excluding tert-OH is 1. The monoisotopic (exact) mass is 295 g/mol. The van der Waals surface area contributed by atoms with Crippen LogP contribution in [0.1, 0.15) is 25.8 Å². The number of aryl methyl sites for hydroxylation is 1. The Bertz CT molecular complexity index is 517. The van der Waals surface area contributed by atoms with Gasteiger partial charge in [0.15, 0.2) is 0 Å². The Labute approximate surface area is 123 Å². The first kappa shape index (κ1) is 16.9. The third-order valence-corrected chi connectivity index (χ3v) is 3.23.